The zero-order chi connectivity index (χ0) is 24.1. The number of aromatic nitrogens is 7. The molecule has 0 saturated carbocycles. The molecule has 6 rings (SSSR count). The van der Waals surface area contributed by atoms with E-state index in [1.54, 1.807) is 47.6 Å². The monoisotopic (exact) mass is 470 g/mol. The highest BCUT2D eigenvalue weighted by atomic mass is 19.1. The van der Waals surface area contributed by atoms with Crippen LogP contribution in [0.5, 0.6) is 0 Å². The maximum atomic E-state index is 13.8. The molecule has 3 aromatic heterocycles. The average molecular weight is 470 g/mol. The summed E-state index contributed by atoms with van der Waals surface area (Å²) in [5.41, 5.74) is 2.98. The highest BCUT2D eigenvalue weighted by Crippen LogP contribution is 2.44. The van der Waals surface area contributed by atoms with E-state index in [9.17, 15) is 8.78 Å². The van der Waals surface area contributed by atoms with E-state index in [2.05, 4.69) is 22.1 Å². The molecule has 0 aliphatic carbocycles. The van der Waals surface area contributed by atoms with Gasteiger partial charge in [0.05, 0.1) is 11.7 Å². The molecule has 0 radical (unpaired) electrons. The van der Waals surface area contributed by atoms with E-state index in [-0.39, 0.29) is 17.7 Å². The number of halogens is 2. The summed E-state index contributed by atoms with van der Waals surface area (Å²) in [6.45, 7) is 3.96. The molecule has 35 heavy (non-hydrogen) atoms. The Morgan fingerprint density at radius 3 is 2.34 bits per heavy atom. The number of benzene rings is 2. The van der Waals surface area contributed by atoms with Gasteiger partial charge in [0.15, 0.2) is 11.6 Å². The lowest BCUT2D eigenvalue weighted by Gasteiger charge is -2.37. The van der Waals surface area contributed by atoms with Gasteiger partial charge in [-0.2, -0.15) is 4.98 Å². The summed E-state index contributed by atoms with van der Waals surface area (Å²) < 4.78 is 30.9. The van der Waals surface area contributed by atoms with Gasteiger partial charge in [0.25, 0.3) is 0 Å². The Kier molecular flexibility index (Phi) is 4.87. The molecule has 0 bridgehead atoms. The van der Waals surface area contributed by atoms with E-state index < -0.39 is 0 Å². The van der Waals surface area contributed by atoms with Gasteiger partial charge in [-0.3, -0.25) is 9.13 Å². The van der Waals surface area contributed by atoms with Crippen LogP contribution in [0, 0.1) is 18.6 Å². The molecule has 1 aliphatic heterocycles. The van der Waals surface area contributed by atoms with Crippen LogP contribution < -0.4 is 4.90 Å². The third-order valence-electron chi connectivity index (χ3n) is 6.13. The van der Waals surface area contributed by atoms with Gasteiger partial charge < -0.3 is 4.90 Å². The maximum absolute atomic E-state index is 13.8. The number of rotatable bonds is 4. The molecule has 1 aliphatic rings. The molecular formula is C25H20F2N8. The lowest BCUT2D eigenvalue weighted by Crippen LogP contribution is -2.33. The highest BCUT2D eigenvalue weighted by Gasteiger charge is 2.36. The quantitative estimate of drug-likeness (QED) is 0.364. The van der Waals surface area contributed by atoms with Crippen molar-refractivity contribution in [3.63, 3.8) is 0 Å². The molecule has 0 fully saturated rings. The fourth-order valence-electron chi connectivity index (χ4n) is 4.55. The molecule has 5 aromatic rings. The van der Waals surface area contributed by atoms with Gasteiger partial charge in [-0.25, -0.2) is 18.7 Å². The number of imidazole rings is 1. The number of anilines is 2. The average Bonchev–Trinajstić information content (AvgIpc) is 3.54. The topological polar surface area (TPSA) is 77.5 Å². The third kappa shape index (κ3) is 3.37. The van der Waals surface area contributed by atoms with Crippen LogP contribution in [-0.4, -0.2) is 34.3 Å². The Bertz CT molecular complexity index is 1520. The van der Waals surface area contributed by atoms with Gasteiger partial charge in [0.2, 0.25) is 5.95 Å². The fourth-order valence-corrected chi connectivity index (χ4v) is 4.55. The summed E-state index contributed by atoms with van der Waals surface area (Å²) >= 11 is 0. The van der Waals surface area contributed by atoms with Crippen molar-refractivity contribution in [2.45, 2.75) is 26.3 Å². The summed E-state index contributed by atoms with van der Waals surface area (Å²) in [6.07, 6.45) is 5.81. The number of aryl methyl sites for hydroxylation is 1. The molecule has 1 unspecified atom stereocenters. The van der Waals surface area contributed by atoms with E-state index in [0.29, 0.717) is 23.3 Å². The number of nitrogens with zero attached hydrogens (tertiary/aromatic N) is 8. The number of hydrogen-bond donors (Lipinski definition) is 0. The van der Waals surface area contributed by atoms with Crippen molar-refractivity contribution in [2.24, 2.45) is 0 Å². The normalized spacial score (nSPS) is 14.6. The smallest absolute Gasteiger partial charge is 0.237 e. The third-order valence-corrected chi connectivity index (χ3v) is 6.13. The first-order chi connectivity index (χ1) is 17.0. The first-order valence-corrected chi connectivity index (χ1v) is 11.2. The van der Waals surface area contributed by atoms with Crippen LogP contribution in [0.2, 0.25) is 0 Å². The fraction of sp³-hybridized carbons (Fsp3) is 0.160. The molecule has 1 atom stereocenters. The van der Waals surface area contributed by atoms with Crippen LogP contribution in [-0.2, 0) is 0 Å². The Hall–Kier alpha value is -4.47. The Morgan fingerprint density at radius 1 is 0.914 bits per heavy atom. The van der Waals surface area contributed by atoms with E-state index in [1.807, 2.05) is 16.4 Å². The second kappa shape index (κ2) is 8.08. The van der Waals surface area contributed by atoms with Crippen molar-refractivity contribution < 1.29 is 8.78 Å². The second-order valence-corrected chi connectivity index (χ2v) is 8.24. The van der Waals surface area contributed by atoms with Gasteiger partial charge in [-0.1, -0.05) is 6.92 Å². The molecule has 174 valence electrons. The zero-order valence-electron chi connectivity index (χ0n) is 19.0. The molecule has 10 heteroatoms. The van der Waals surface area contributed by atoms with Crippen molar-refractivity contribution in [3.05, 3.63) is 90.4 Å². The van der Waals surface area contributed by atoms with Gasteiger partial charge in [-0.15, -0.1) is 10.2 Å². The van der Waals surface area contributed by atoms with Gasteiger partial charge >= 0.3 is 0 Å². The Labute approximate surface area is 199 Å². The molecule has 0 N–H and O–H groups in total. The van der Waals surface area contributed by atoms with E-state index >= 15 is 0 Å². The van der Waals surface area contributed by atoms with Crippen LogP contribution >= 0.6 is 0 Å². The van der Waals surface area contributed by atoms with Crippen molar-refractivity contribution in [1.82, 2.24) is 34.3 Å². The van der Waals surface area contributed by atoms with Crippen LogP contribution in [0.15, 0.2) is 67.3 Å². The van der Waals surface area contributed by atoms with Crippen LogP contribution in [0.1, 0.15) is 30.9 Å². The van der Waals surface area contributed by atoms with E-state index in [1.165, 1.54) is 24.3 Å². The van der Waals surface area contributed by atoms with Crippen molar-refractivity contribution in [1.29, 1.82) is 0 Å². The Morgan fingerprint density at radius 2 is 1.63 bits per heavy atom. The first-order valence-electron chi connectivity index (χ1n) is 11.2. The van der Waals surface area contributed by atoms with Crippen LogP contribution in [0.4, 0.5) is 20.3 Å². The number of hydrogen-bond acceptors (Lipinski definition) is 6. The summed E-state index contributed by atoms with van der Waals surface area (Å²) in [5.74, 6) is 1.78. The largest absolute Gasteiger partial charge is 0.314 e. The minimum Gasteiger partial charge on any atom is -0.314 e. The van der Waals surface area contributed by atoms with Crippen molar-refractivity contribution >= 4 is 11.5 Å². The van der Waals surface area contributed by atoms with Crippen molar-refractivity contribution in [3.8, 4) is 23.0 Å². The SMILES string of the molecule is CCC1c2nncn2-c2c(C)nc(-n3ccnc3-c3ccc(F)cc3)nc2N1c1ccc(F)cc1. The second-order valence-electron chi connectivity index (χ2n) is 8.24. The van der Waals surface area contributed by atoms with Crippen LogP contribution in [0.3, 0.4) is 0 Å². The number of fused-ring (bicyclic) bond motifs is 3. The molecule has 0 saturated heterocycles. The lowest BCUT2D eigenvalue weighted by atomic mass is 10.1. The molecule has 4 heterocycles. The standard InChI is InChI=1S/C25H20F2N8/c1-3-20-23-32-29-14-34(23)21-15(2)30-25(31-24(21)35(20)19-10-8-18(27)9-11-19)33-13-12-28-22(33)16-4-6-17(26)7-5-16/h4-14,20H,3H2,1-2H3. The molecule has 0 amide bonds. The van der Waals surface area contributed by atoms with Gasteiger partial charge in [0.1, 0.15) is 29.5 Å². The molecule has 0 spiro atoms. The van der Waals surface area contributed by atoms with Crippen molar-refractivity contribution in [2.75, 3.05) is 4.90 Å². The summed E-state index contributed by atoms with van der Waals surface area (Å²) in [5, 5.41) is 8.51. The predicted octanol–water partition coefficient (Wildman–Crippen LogP) is 5.10. The molecular weight excluding hydrogens is 450 g/mol. The summed E-state index contributed by atoms with van der Waals surface area (Å²) in [6, 6.07) is 12.3. The molecule has 2 aromatic carbocycles. The van der Waals surface area contributed by atoms with Gasteiger partial charge in [0, 0.05) is 23.6 Å². The summed E-state index contributed by atoms with van der Waals surface area (Å²) in [7, 11) is 0. The van der Waals surface area contributed by atoms with Gasteiger partial charge in [-0.05, 0) is 61.9 Å². The minimum atomic E-state index is -0.321. The lowest BCUT2D eigenvalue weighted by molar-refractivity contribution is 0.585. The van der Waals surface area contributed by atoms with E-state index in [4.69, 9.17) is 9.97 Å². The first kappa shape index (κ1) is 21.1. The summed E-state index contributed by atoms with van der Waals surface area (Å²) in [4.78, 5) is 16.3. The van der Waals surface area contributed by atoms with Crippen LogP contribution in [0.25, 0.3) is 23.0 Å². The minimum absolute atomic E-state index is 0.169. The zero-order valence-corrected chi connectivity index (χ0v) is 19.0. The highest BCUT2D eigenvalue weighted by molar-refractivity contribution is 5.73. The predicted molar refractivity (Wildman–Crippen MR) is 126 cm³/mol. The molecule has 8 nitrogen and oxygen atoms in total. The van der Waals surface area contributed by atoms with E-state index in [0.717, 1.165) is 29.2 Å². The maximum Gasteiger partial charge on any atom is 0.237 e. The Balaban J connectivity index is 1.57.